The molecule has 0 aromatic heterocycles. The van der Waals surface area contributed by atoms with Gasteiger partial charge in [-0.05, 0) is 37.5 Å². The Morgan fingerprint density at radius 3 is 2.41 bits per heavy atom. The molecule has 0 radical (unpaired) electrons. The largest absolute Gasteiger partial charge is 0.371 e. The second kappa shape index (κ2) is 5.89. The lowest BCUT2D eigenvalue weighted by molar-refractivity contribution is -0.117. The van der Waals surface area contributed by atoms with E-state index in [1.165, 1.54) is 24.2 Å². The van der Waals surface area contributed by atoms with Gasteiger partial charge in [-0.25, -0.2) is 13.6 Å². The van der Waals surface area contributed by atoms with Gasteiger partial charge in [-0.15, -0.1) is 0 Å². The molecule has 2 aliphatic rings. The van der Waals surface area contributed by atoms with E-state index in [9.17, 15) is 13.2 Å². The van der Waals surface area contributed by atoms with Crippen LogP contribution in [0.5, 0.6) is 0 Å². The fourth-order valence-electron chi connectivity index (χ4n) is 3.15. The lowest BCUT2D eigenvalue weighted by Crippen LogP contribution is -2.32. The number of amides is 1. The van der Waals surface area contributed by atoms with Gasteiger partial charge in [-0.3, -0.25) is 4.79 Å². The van der Waals surface area contributed by atoms with E-state index in [4.69, 9.17) is 5.14 Å². The number of sulfonamides is 1. The number of anilines is 2. The molecule has 0 bridgehead atoms. The summed E-state index contributed by atoms with van der Waals surface area (Å²) < 4.78 is 22.9. The SMILES string of the molecule is NS(=O)(=O)C1CC(=O)N(c2cccc(N3CCCCC3)c2)C1. The van der Waals surface area contributed by atoms with E-state index in [2.05, 4.69) is 4.90 Å². The Morgan fingerprint density at radius 1 is 1.09 bits per heavy atom. The van der Waals surface area contributed by atoms with Gasteiger partial charge in [0.1, 0.15) is 5.25 Å². The summed E-state index contributed by atoms with van der Waals surface area (Å²) in [5, 5.41) is 4.37. The number of piperidine rings is 1. The number of carbonyl (C=O) groups excluding carboxylic acids is 1. The van der Waals surface area contributed by atoms with Crippen molar-refractivity contribution in [2.24, 2.45) is 5.14 Å². The summed E-state index contributed by atoms with van der Waals surface area (Å²) >= 11 is 0. The van der Waals surface area contributed by atoms with Crippen molar-refractivity contribution in [3.8, 4) is 0 Å². The van der Waals surface area contributed by atoms with Crippen molar-refractivity contribution in [2.75, 3.05) is 29.4 Å². The molecule has 120 valence electrons. The van der Waals surface area contributed by atoms with E-state index < -0.39 is 15.3 Å². The van der Waals surface area contributed by atoms with Crippen LogP contribution < -0.4 is 14.9 Å². The van der Waals surface area contributed by atoms with Crippen LogP contribution >= 0.6 is 0 Å². The molecule has 2 aliphatic heterocycles. The standard InChI is InChI=1S/C15H21N3O3S/c16-22(20,21)14-10-15(19)18(11-14)13-6-4-5-12(9-13)17-7-2-1-3-8-17/h4-6,9,14H,1-3,7-8,10-11H2,(H2,16,20,21). The van der Waals surface area contributed by atoms with Crippen LogP contribution in [0.25, 0.3) is 0 Å². The molecule has 7 heteroatoms. The summed E-state index contributed by atoms with van der Waals surface area (Å²) in [6, 6.07) is 7.76. The Morgan fingerprint density at radius 2 is 1.77 bits per heavy atom. The summed E-state index contributed by atoms with van der Waals surface area (Å²) in [7, 11) is -3.68. The first-order valence-electron chi connectivity index (χ1n) is 7.62. The molecular weight excluding hydrogens is 302 g/mol. The number of hydrogen-bond donors (Lipinski definition) is 1. The molecule has 0 saturated carbocycles. The van der Waals surface area contributed by atoms with Crippen molar-refractivity contribution in [2.45, 2.75) is 30.9 Å². The minimum atomic E-state index is -3.68. The minimum absolute atomic E-state index is 0.0349. The number of nitrogens with zero attached hydrogens (tertiary/aromatic N) is 2. The van der Waals surface area contributed by atoms with Gasteiger partial charge in [-0.1, -0.05) is 6.07 Å². The number of hydrogen-bond acceptors (Lipinski definition) is 4. The van der Waals surface area contributed by atoms with Crippen molar-refractivity contribution in [3.05, 3.63) is 24.3 Å². The highest BCUT2D eigenvalue weighted by molar-refractivity contribution is 7.89. The van der Waals surface area contributed by atoms with E-state index >= 15 is 0 Å². The number of primary sulfonamides is 1. The minimum Gasteiger partial charge on any atom is -0.371 e. The maximum absolute atomic E-state index is 12.1. The predicted octanol–water partition coefficient (Wildman–Crippen LogP) is 1.07. The van der Waals surface area contributed by atoms with Crippen LogP contribution in [0.2, 0.25) is 0 Å². The van der Waals surface area contributed by atoms with Gasteiger partial charge < -0.3 is 9.80 Å². The monoisotopic (exact) mass is 323 g/mol. The topological polar surface area (TPSA) is 83.7 Å². The van der Waals surface area contributed by atoms with Crippen LogP contribution in [0.3, 0.4) is 0 Å². The Bertz CT molecular complexity index is 668. The van der Waals surface area contributed by atoms with E-state index in [0.29, 0.717) is 0 Å². The van der Waals surface area contributed by atoms with Crippen LogP contribution in [0.15, 0.2) is 24.3 Å². The molecule has 2 fully saturated rings. The molecule has 3 rings (SSSR count). The summed E-state index contributed by atoms with van der Waals surface area (Å²) in [6.45, 7) is 2.19. The number of rotatable bonds is 3. The van der Waals surface area contributed by atoms with Gasteiger partial charge in [-0.2, -0.15) is 0 Å². The predicted molar refractivity (Wildman–Crippen MR) is 86.4 cm³/mol. The van der Waals surface area contributed by atoms with Gasteiger partial charge in [0.2, 0.25) is 15.9 Å². The summed E-state index contributed by atoms with van der Waals surface area (Å²) in [4.78, 5) is 16.0. The second-order valence-corrected chi connectivity index (χ2v) is 7.83. The van der Waals surface area contributed by atoms with E-state index in [1.54, 1.807) is 0 Å². The van der Waals surface area contributed by atoms with Crippen molar-refractivity contribution in [1.29, 1.82) is 0 Å². The third-order valence-corrected chi connectivity index (χ3v) is 5.66. The molecule has 1 atom stereocenters. The van der Waals surface area contributed by atoms with Crippen LogP contribution in [0, 0.1) is 0 Å². The quantitative estimate of drug-likeness (QED) is 0.902. The zero-order valence-electron chi connectivity index (χ0n) is 12.4. The molecule has 0 spiro atoms. The highest BCUT2D eigenvalue weighted by atomic mass is 32.2. The fraction of sp³-hybridized carbons (Fsp3) is 0.533. The molecule has 6 nitrogen and oxygen atoms in total. The van der Waals surface area contributed by atoms with Gasteiger partial charge in [0, 0.05) is 37.4 Å². The lowest BCUT2D eigenvalue weighted by Gasteiger charge is -2.29. The second-order valence-electron chi connectivity index (χ2n) is 5.99. The first-order chi connectivity index (χ1) is 10.4. The van der Waals surface area contributed by atoms with Crippen LogP contribution in [-0.4, -0.2) is 39.2 Å². The maximum Gasteiger partial charge on any atom is 0.228 e. The van der Waals surface area contributed by atoms with Crippen molar-refractivity contribution in [3.63, 3.8) is 0 Å². The summed E-state index contributed by atoms with van der Waals surface area (Å²) in [5.41, 5.74) is 1.84. The molecular formula is C15H21N3O3S. The van der Waals surface area contributed by atoms with Gasteiger partial charge >= 0.3 is 0 Å². The number of carbonyl (C=O) groups is 1. The normalized spacial score (nSPS) is 23.1. The third-order valence-electron chi connectivity index (χ3n) is 4.42. The molecule has 2 N–H and O–H groups in total. The number of benzene rings is 1. The Balaban J connectivity index is 1.81. The lowest BCUT2D eigenvalue weighted by atomic mass is 10.1. The molecule has 1 unspecified atom stereocenters. The van der Waals surface area contributed by atoms with Crippen LogP contribution in [0.4, 0.5) is 11.4 Å². The molecule has 2 heterocycles. The Labute approximate surface area is 130 Å². The molecule has 1 amide bonds. The van der Waals surface area contributed by atoms with Crippen LogP contribution in [-0.2, 0) is 14.8 Å². The molecule has 1 aromatic carbocycles. The molecule has 2 saturated heterocycles. The first kappa shape index (κ1) is 15.3. The summed E-state index contributed by atoms with van der Waals surface area (Å²) in [5.74, 6) is -0.185. The van der Waals surface area contributed by atoms with Gasteiger partial charge in [0.25, 0.3) is 0 Å². The molecule has 0 aliphatic carbocycles. The Hall–Kier alpha value is -1.60. The van der Waals surface area contributed by atoms with Crippen LogP contribution in [0.1, 0.15) is 25.7 Å². The number of nitrogens with two attached hydrogens (primary N) is 1. The maximum atomic E-state index is 12.1. The molecule has 22 heavy (non-hydrogen) atoms. The van der Waals surface area contributed by atoms with Crippen molar-refractivity contribution >= 4 is 27.3 Å². The average molecular weight is 323 g/mol. The third kappa shape index (κ3) is 3.10. The van der Waals surface area contributed by atoms with E-state index in [0.717, 1.165) is 24.5 Å². The zero-order chi connectivity index (χ0) is 15.7. The Kier molecular flexibility index (Phi) is 4.10. The highest BCUT2D eigenvalue weighted by Gasteiger charge is 2.37. The average Bonchev–Trinajstić information content (AvgIpc) is 2.90. The summed E-state index contributed by atoms with van der Waals surface area (Å²) in [6.07, 6.45) is 3.59. The highest BCUT2D eigenvalue weighted by Crippen LogP contribution is 2.29. The first-order valence-corrected chi connectivity index (χ1v) is 9.23. The zero-order valence-corrected chi connectivity index (χ0v) is 13.3. The van der Waals surface area contributed by atoms with E-state index in [-0.39, 0.29) is 18.9 Å². The fourth-order valence-corrected chi connectivity index (χ4v) is 3.89. The van der Waals surface area contributed by atoms with Crippen molar-refractivity contribution < 1.29 is 13.2 Å². The van der Waals surface area contributed by atoms with Gasteiger partial charge in [0.05, 0.1) is 0 Å². The van der Waals surface area contributed by atoms with E-state index in [1.807, 2.05) is 24.3 Å². The smallest absolute Gasteiger partial charge is 0.228 e. The van der Waals surface area contributed by atoms with Crippen molar-refractivity contribution in [1.82, 2.24) is 0 Å². The molecule has 1 aromatic rings. The van der Waals surface area contributed by atoms with Gasteiger partial charge in [0.15, 0.2) is 0 Å².